The number of hydrogen-bond donors (Lipinski definition) is 1. The predicted octanol–water partition coefficient (Wildman–Crippen LogP) is 2.32. The van der Waals surface area contributed by atoms with E-state index >= 15 is 0 Å². The van der Waals surface area contributed by atoms with Crippen molar-refractivity contribution < 1.29 is 8.78 Å². The first-order valence-electron chi connectivity index (χ1n) is 4.70. The molecule has 0 aliphatic rings. The monoisotopic (exact) mass is 252 g/mol. The van der Waals surface area contributed by atoms with Crippen molar-refractivity contribution in [2.75, 3.05) is 5.73 Å². The van der Waals surface area contributed by atoms with E-state index in [9.17, 15) is 8.78 Å². The van der Waals surface area contributed by atoms with E-state index in [1.807, 2.05) is 0 Å². The number of fused-ring (bicyclic) bond motifs is 1. The molecule has 0 fully saturated rings. The van der Waals surface area contributed by atoms with Crippen LogP contribution >= 0.6 is 11.3 Å². The highest BCUT2D eigenvalue weighted by molar-refractivity contribution is 7.20. The van der Waals surface area contributed by atoms with Gasteiger partial charge in [0.2, 0.25) is 10.1 Å². The van der Waals surface area contributed by atoms with Crippen LogP contribution < -0.4 is 5.73 Å². The molecule has 7 heteroatoms. The number of nitrogens with two attached hydrogens (primary N) is 1. The van der Waals surface area contributed by atoms with Gasteiger partial charge in [-0.25, -0.2) is 18.3 Å². The lowest BCUT2D eigenvalue weighted by Gasteiger charge is -1.98. The Balaban J connectivity index is 2.19. The SMILES string of the molecule is Nc1nn2cc(-c3cc(F)ccc3F)nc2s1. The normalized spacial score (nSPS) is 11.2. The van der Waals surface area contributed by atoms with Crippen LogP contribution in [0.5, 0.6) is 0 Å². The fourth-order valence-electron chi connectivity index (χ4n) is 1.54. The molecule has 2 heterocycles. The Morgan fingerprint density at radius 2 is 2.12 bits per heavy atom. The molecule has 3 rings (SSSR count). The van der Waals surface area contributed by atoms with Gasteiger partial charge in [-0.1, -0.05) is 11.3 Å². The minimum Gasteiger partial charge on any atom is -0.374 e. The van der Waals surface area contributed by atoms with E-state index < -0.39 is 11.6 Å². The number of rotatable bonds is 1. The van der Waals surface area contributed by atoms with Crippen molar-refractivity contribution in [3.63, 3.8) is 0 Å². The molecule has 86 valence electrons. The Kier molecular flexibility index (Phi) is 2.08. The third-order valence-corrected chi connectivity index (χ3v) is 3.01. The van der Waals surface area contributed by atoms with Gasteiger partial charge in [-0.05, 0) is 18.2 Å². The molecule has 0 aliphatic heterocycles. The second kappa shape index (κ2) is 3.49. The molecule has 17 heavy (non-hydrogen) atoms. The standard InChI is InChI=1S/C10H6F2N4S/c11-5-1-2-7(12)6(3-5)8-4-16-10(14-8)17-9(13)15-16/h1-4H,(H2,13,15). The van der Waals surface area contributed by atoms with Crippen LogP contribution in [0.1, 0.15) is 0 Å². The minimum atomic E-state index is -0.523. The number of aromatic nitrogens is 3. The van der Waals surface area contributed by atoms with E-state index in [2.05, 4.69) is 10.1 Å². The highest BCUT2D eigenvalue weighted by atomic mass is 32.1. The van der Waals surface area contributed by atoms with Crippen LogP contribution in [0.25, 0.3) is 16.2 Å². The molecule has 0 saturated carbocycles. The van der Waals surface area contributed by atoms with Gasteiger partial charge >= 0.3 is 0 Å². The Labute approximate surface area is 98.3 Å². The minimum absolute atomic E-state index is 0.112. The summed E-state index contributed by atoms with van der Waals surface area (Å²) in [5.41, 5.74) is 5.94. The molecular formula is C10H6F2N4S. The van der Waals surface area contributed by atoms with Crippen LogP contribution in [0.15, 0.2) is 24.4 Å². The number of nitrogen functional groups attached to an aromatic ring is 1. The van der Waals surface area contributed by atoms with Gasteiger partial charge in [-0.15, -0.1) is 5.10 Å². The first-order valence-corrected chi connectivity index (χ1v) is 5.52. The van der Waals surface area contributed by atoms with E-state index in [-0.39, 0.29) is 5.56 Å². The van der Waals surface area contributed by atoms with Gasteiger partial charge in [0.05, 0.1) is 11.9 Å². The second-order valence-electron chi connectivity index (χ2n) is 3.42. The van der Waals surface area contributed by atoms with Crippen molar-refractivity contribution in [2.24, 2.45) is 0 Å². The molecule has 3 aromatic rings. The van der Waals surface area contributed by atoms with Gasteiger partial charge in [0.1, 0.15) is 11.6 Å². The molecule has 0 spiro atoms. The van der Waals surface area contributed by atoms with Crippen LogP contribution in [0.4, 0.5) is 13.9 Å². The summed E-state index contributed by atoms with van der Waals surface area (Å²) in [6.45, 7) is 0. The Morgan fingerprint density at radius 1 is 1.29 bits per heavy atom. The predicted molar refractivity (Wildman–Crippen MR) is 60.6 cm³/mol. The molecule has 0 aliphatic carbocycles. The van der Waals surface area contributed by atoms with Gasteiger partial charge in [0.15, 0.2) is 0 Å². The molecule has 4 nitrogen and oxygen atoms in total. The Hall–Kier alpha value is -2.02. The molecule has 0 amide bonds. The van der Waals surface area contributed by atoms with E-state index in [1.165, 1.54) is 22.0 Å². The number of nitrogens with zero attached hydrogens (tertiary/aromatic N) is 3. The highest BCUT2D eigenvalue weighted by Gasteiger charge is 2.12. The maximum atomic E-state index is 13.5. The number of halogens is 2. The molecular weight excluding hydrogens is 246 g/mol. The van der Waals surface area contributed by atoms with Gasteiger partial charge in [0, 0.05) is 5.56 Å². The number of benzene rings is 1. The summed E-state index contributed by atoms with van der Waals surface area (Å²) in [6.07, 6.45) is 1.51. The first-order chi connectivity index (χ1) is 8.13. The third kappa shape index (κ3) is 1.64. The van der Waals surface area contributed by atoms with Crippen molar-refractivity contribution in [3.8, 4) is 11.3 Å². The van der Waals surface area contributed by atoms with E-state index in [0.717, 1.165) is 18.2 Å². The summed E-state index contributed by atoms with van der Waals surface area (Å²) < 4.78 is 28.0. The zero-order valence-corrected chi connectivity index (χ0v) is 9.21. The topological polar surface area (TPSA) is 56.2 Å². The Morgan fingerprint density at radius 3 is 2.88 bits per heavy atom. The lowest BCUT2D eigenvalue weighted by molar-refractivity contribution is 0.603. The summed E-state index contributed by atoms with van der Waals surface area (Å²) in [6, 6.07) is 3.23. The van der Waals surface area contributed by atoms with Gasteiger partial charge in [-0.2, -0.15) is 0 Å². The van der Waals surface area contributed by atoms with Gasteiger partial charge in [0.25, 0.3) is 0 Å². The summed E-state index contributed by atoms with van der Waals surface area (Å²) in [5.74, 6) is -1.03. The molecule has 0 saturated heterocycles. The highest BCUT2D eigenvalue weighted by Crippen LogP contribution is 2.25. The lowest BCUT2D eigenvalue weighted by Crippen LogP contribution is -1.87. The molecule has 0 radical (unpaired) electrons. The molecule has 0 bridgehead atoms. The van der Waals surface area contributed by atoms with Crippen LogP contribution in [0, 0.1) is 11.6 Å². The molecule has 2 aromatic heterocycles. The van der Waals surface area contributed by atoms with Crippen molar-refractivity contribution >= 4 is 21.4 Å². The van der Waals surface area contributed by atoms with Crippen molar-refractivity contribution in [2.45, 2.75) is 0 Å². The van der Waals surface area contributed by atoms with Crippen LogP contribution in [0.3, 0.4) is 0 Å². The zero-order chi connectivity index (χ0) is 12.0. The van der Waals surface area contributed by atoms with Crippen molar-refractivity contribution in [3.05, 3.63) is 36.0 Å². The molecule has 0 atom stereocenters. The zero-order valence-electron chi connectivity index (χ0n) is 8.39. The average Bonchev–Trinajstić information content (AvgIpc) is 2.78. The maximum Gasteiger partial charge on any atom is 0.214 e. The van der Waals surface area contributed by atoms with Gasteiger partial charge < -0.3 is 5.73 Å². The summed E-state index contributed by atoms with van der Waals surface area (Å²) >= 11 is 1.18. The summed E-state index contributed by atoms with van der Waals surface area (Å²) in [7, 11) is 0. The molecule has 2 N–H and O–H groups in total. The number of imidazole rings is 1. The van der Waals surface area contributed by atoms with Gasteiger partial charge in [-0.3, -0.25) is 0 Å². The van der Waals surface area contributed by atoms with Crippen LogP contribution in [-0.4, -0.2) is 14.6 Å². The number of hydrogen-bond acceptors (Lipinski definition) is 4. The fraction of sp³-hybridized carbons (Fsp3) is 0. The summed E-state index contributed by atoms with van der Waals surface area (Å²) in [5, 5.41) is 4.32. The number of anilines is 1. The third-order valence-electron chi connectivity index (χ3n) is 2.26. The average molecular weight is 252 g/mol. The molecule has 0 unspecified atom stereocenters. The van der Waals surface area contributed by atoms with E-state index in [1.54, 1.807) is 0 Å². The van der Waals surface area contributed by atoms with Crippen LogP contribution in [-0.2, 0) is 0 Å². The van der Waals surface area contributed by atoms with E-state index in [0.29, 0.717) is 15.8 Å². The maximum absolute atomic E-state index is 13.5. The smallest absolute Gasteiger partial charge is 0.214 e. The largest absolute Gasteiger partial charge is 0.374 e. The van der Waals surface area contributed by atoms with Crippen LogP contribution in [0.2, 0.25) is 0 Å². The Bertz CT molecular complexity index is 672. The van der Waals surface area contributed by atoms with E-state index in [4.69, 9.17) is 5.73 Å². The lowest BCUT2D eigenvalue weighted by atomic mass is 10.1. The second-order valence-corrected chi connectivity index (χ2v) is 4.41. The molecule has 1 aromatic carbocycles. The van der Waals surface area contributed by atoms with Crippen molar-refractivity contribution in [1.29, 1.82) is 0 Å². The fourth-order valence-corrected chi connectivity index (χ4v) is 2.19. The first kappa shape index (κ1) is 10.2. The quantitative estimate of drug-likeness (QED) is 0.723. The van der Waals surface area contributed by atoms with Crippen molar-refractivity contribution in [1.82, 2.24) is 14.6 Å². The summed E-state index contributed by atoms with van der Waals surface area (Å²) in [4.78, 5) is 4.68.